The van der Waals surface area contributed by atoms with Gasteiger partial charge in [-0.15, -0.1) is 0 Å². The van der Waals surface area contributed by atoms with Crippen LogP contribution in [0.1, 0.15) is 39.0 Å². The fourth-order valence-corrected chi connectivity index (χ4v) is 1.34. The van der Waals surface area contributed by atoms with Gasteiger partial charge in [-0.1, -0.05) is 0 Å². The minimum absolute atomic E-state index is 0.271. The summed E-state index contributed by atoms with van der Waals surface area (Å²) in [6, 6.07) is 2.48. The summed E-state index contributed by atoms with van der Waals surface area (Å²) in [4.78, 5) is 22.3. The van der Waals surface area contributed by atoms with Crippen LogP contribution in [0, 0.1) is 0 Å². The maximum atomic E-state index is 11.6. The zero-order valence-corrected chi connectivity index (χ0v) is 10.6. The SMILES string of the molecule is CC(C)(C)OC(=O)NC(CC(=O)O)c1ccco1. The number of carbonyl (C=O) groups is 2. The quantitative estimate of drug-likeness (QED) is 0.861. The summed E-state index contributed by atoms with van der Waals surface area (Å²) in [5, 5.41) is 11.3. The largest absolute Gasteiger partial charge is 0.481 e. The number of carboxylic acids is 1. The van der Waals surface area contributed by atoms with Crippen molar-refractivity contribution in [1.82, 2.24) is 5.32 Å². The lowest BCUT2D eigenvalue weighted by Gasteiger charge is -2.22. The number of carboxylic acid groups (broad SMARTS) is 1. The molecule has 1 aromatic heterocycles. The van der Waals surface area contributed by atoms with Crippen molar-refractivity contribution in [2.24, 2.45) is 0 Å². The molecule has 0 saturated heterocycles. The molecule has 18 heavy (non-hydrogen) atoms. The summed E-state index contributed by atoms with van der Waals surface area (Å²) < 4.78 is 10.2. The van der Waals surface area contributed by atoms with E-state index in [1.54, 1.807) is 32.9 Å². The van der Waals surface area contributed by atoms with E-state index in [2.05, 4.69) is 5.32 Å². The van der Waals surface area contributed by atoms with Crippen LogP contribution < -0.4 is 5.32 Å². The van der Waals surface area contributed by atoms with Gasteiger partial charge >= 0.3 is 12.1 Å². The van der Waals surface area contributed by atoms with E-state index in [9.17, 15) is 9.59 Å². The van der Waals surface area contributed by atoms with Crippen LogP contribution in [0.3, 0.4) is 0 Å². The lowest BCUT2D eigenvalue weighted by Crippen LogP contribution is -2.35. The molecule has 1 heterocycles. The molecule has 1 aromatic rings. The van der Waals surface area contributed by atoms with Crippen LogP contribution >= 0.6 is 0 Å². The summed E-state index contributed by atoms with van der Waals surface area (Å²) >= 11 is 0. The van der Waals surface area contributed by atoms with Gasteiger partial charge in [0.2, 0.25) is 0 Å². The van der Waals surface area contributed by atoms with Crippen molar-refractivity contribution in [3.8, 4) is 0 Å². The Morgan fingerprint density at radius 1 is 1.50 bits per heavy atom. The average molecular weight is 255 g/mol. The zero-order valence-electron chi connectivity index (χ0n) is 10.6. The number of nitrogens with one attached hydrogen (secondary N) is 1. The highest BCUT2D eigenvalue weighted by atomic mass is 16.6. The first-order valence-corrected chi connectivity index (χ1v) is 5.52. The number of hydrogen-bond donors (Lipinski definition) is 2. The Kier molecular flexibility index (Phi) is 4.36. The first-order chi connectivity index (χ1) is 8.28. The number of alkyl carbamates (subject to hydrolysis) is 1. The van der Waals surface area contributed by atoms with Gasteiger partial charge in [-0.05, 0) is 32.9 Å². The second kappa shape index (κ2) is 5.57. The van der Waals surface area contributed by atoms with Crippen LogP contribution in [0.15, 0.2) is 22.8 Å². The summed E-state index contributed by atoms with van der Waals surface area (Å²) in [6.45, 7) is 5.18. The monoisotopic (exact) mass is 255 g/mol. The van der Waals surface area contributed by atoms with Crippen molar-refractivity contribution in [3.63, 3.8) is 0 Å². The van der Waals surface area contributed by atoms with Crippen molar-refractivity contribution < 1.29 is 23.8 Å². The highest BCUT2D eigenvalue weighted by Crippen LogP contribution is 2.18. The fourth-order valence-electron chi connectivity index (χ4n) is 1.34. The minimum Gasteiger partial charge on any atom is -0.481 e. The molecule has 0 bridgehead atoms. The number of rotatable bonds is 4. The molecule has 2 N–H and O–H groups in total. The smallest absolute Gasteiger partial charge is 0.408 e. The van der Waals surface area contributed by atoms with E-state index in [1.165, 1.54) is 6.26 Å². The van der Waals surface area contributed by atoms with Gasteiger partial charge in [-0.25, -0.2) is 4.79 Å². The van der Waals surface area contributed by atoms with Crippen LogP contribution in [0.25, 0.3) is 0 Å². The summed E-state index contributed by atoms with van der Waals surface area (Å²) in [6.07, 6.45) is 0.471. The predicted octanol–water partition coefficient (Wildman–Crippen LogP) is 2.32. The van der Waals surface area contributed by atoms with Crippen molar-refractivity contribution in [1.29, 1.82) is 0 Å². The molecule has 0 aliphatic carbocycles. The first-order valence-electron chi connectivity index (χ1n) is 5.52. The Hall–Kier alpha value is -1.98. The topological polar surface area (TPSA) is 88.8 Å². The number of carbonyl (C=O) groups excluding carboxylic acids is 1. The van der Waals surface area contributed by atoms with Crippen molar-refractivity contribution in [3.05, 3.63) is 24.2 Å². The summed E-state index contributed by atoms with van der Waals surface area (Å²) in [5.41, 5.74) is -0.638. The molecule has 0 saturated carbocycles. The molecule has 0 aliphatic heterocycles. The number of hydrogen-bond acceptors (Lipinski definition) is 4. The molecule has 1 amide bonds. The second-order valence-electron chi connectivity index (χ2n) is 4.81. The zero-order chi connectivity index (χ0) is 13.8. The van der Waals surface area contributed by atoms with Gasteiger partial charge in [0, 0.05) is 0 Å². The van der Waals surface area contributed by atoms with Crippen LogP contribution in [-0.2, 0) is 9.53 Å². The third kappa shape index (κ3) is 4.90. The van der Waals surface area contributed by atoms with E-state index in [-0.39, 0.29) is 6.42 Å². The van der Waals surface area contributed by atoms with E-state index in [0.29, 0.717) is 5.76 Å². The lowest BCUT2D eigenvalue weighted by atomic mass is 10.1. The average Bonchev–Trinajstić information content (AvgIpc) is 2.64. The van der Waals surface area contributed by atoms with Crippen molar-refractivity contribution >= 4 is 12.1 Å². The third-order valence-corrected chi connectivity index (χ3v) is 1.96. The van der Waals surface area contributed by atoms with E-state index < -0.39 is 23.7 Å². The molecular weight excluding hydrogens is 238 g/mol. The van der Waals surface area contributed by atoms with E-state index in [1.807, 2.05) is 0 Å². The van der Waals surface area contributed by atoms with Crippen LogP contribution in [0.5, 0.6) is 0 Å². The molecule has 0 aromatic carbocycles. The molecule has 0 aliphatic rings. The molecule has 0 radical (unpaired) electrons. The lowest BCUT2D eigenvalue weighted by molar-refractivity contribution is -0.137. The van der Waals surface area contributed by atoms with Crippen LogP contribution in [0.4, 0.5) is 4.79 Å². The van der Waals surface area contributed by atoms with Crippen LogP contribution in [0.2, 0.25) is 0 Å². The maximum Gasteiger partial charge on any atom is 0.408 e. The van der Waals surface area contributed by atoms with Gasteiger partial charge < -0.3 is 19.6 Å². The molecule has 6 heteroatoms. The third-order valence-electron chi connectivity index (χ3n) is 1.96. The Morgan fingerprint density at radius 2 is 2.17 bits per heavy atom. The van der Waals surface area contributed by atoms with Gasteiger partial charge in [-0.2, -0.15) is 0 Å². The molecule has 0 fully saturated rings. The Labute approximate surface area is 105 Å². The van der Waals surface area contributed by atoms with E-state index >= 15 is 0 Å². The Morgan fingerprint density at radius 3 is 2.61 bits per heavy atom. The Balaban J connectivity index is 2.68. The maximum absolute atomic E-state index is 11.6. The number of amides is 1. The summed E-state index contributed by atoms with van der Waals surface area (Å²) in [7, 11) is 0. The number of furan rings is 1. The second-order valence-corrected chi connectivity index (χ2v) is 4.81. The first kappa shape index (κ1) is 14.1. The van der Waals surface area contributed by atoms with Gasteiger partial charge in [-0.3, -0.25) is 4.79 Å². The molecule has 1 rings (SSSR count). The normalized spacial score (nSPS) is 12.8. The fraction of sp³-hybridized carbons (Fsp3) is 0.500. The standard InChI is InChI=1S/C12H17NO5/c1-12(2,3)18-11(16)13-8(7-10(14)15)9-5-4-6-17-9/h4-6,8H,7H2,1-3H3,(H,13,16)(H,14,15). The van der Waals surface area contributed by atoms with Gasteiger partial charge in [0.15, 0.2) is 0 Å². The van der Waals surface area contributed by atoms with Crippen molar-refractivity contribution in [2.45, 2.75) is 38.8 Å². The number of aliphatic carboxylic acids is 1. The molecular formula is C12H17NO5. The molecule has 6 nitrogen and oxygen atoms in total. The minimum atomic E-state index is -1.03. The highest BCUT2D eigenvalue weighted by molar-refractivity contribution is 5.71. The Bertz CT molecular complexity index is 405. The van der Waals surface area contributed by atoms with Gasteiger partial charge in [0.25, 0.3) is 0 Å². The molecule has 1 unspecified atom stereocenters. The van der Waals surface area contributed by atoms with Crippen LogP contribution in [-0.4, -0.2) is 22.8 Å². The van der Waals surface area contributed by atoms with E-state index in [0.717, 1.165) is 0 Å². The van der Waals surface area contributed by atoms with E-state index in [4.69, 9.17) is 14.3 Å². The van der Waals surface area contributed by atoms with Gasteiger partial charge in [0.05, 0.1) is 12.7 Å². The van der Waals surface area contributed by atoms with Crippen molar-refractivity contribution in [2.75, 3.05) is 0 Å². The van der Waals surface area contributed by atoms with Gasteiger partial charge in [0.1, 0.15) is 17.4 Å². The molecule has 0 spiro atoms. The summed E-state index contributed by atoms with van der Waals surface area (Å²) in [5.74, 6) is -0.657. The predicted molar refractivity (Wildman–Crippen MR) is 63.1 cm³/mol. The molecule has 1 atom stereocenters. The highest BCUT2D eigenvalue weighted by Gasteiger charge is 2.23. The number of ether oxygens (including phenoxy) is 1. The molecule has 100 valence electrons.